The zero-order valence-electron chi connectivity index (χ0n) is 8.77. The molecule has 0 aromatic rings. The van der Waals surface area contributed by atoms with Crippen LogP contribution >= 0.6 is 0 Å². The molecule has 0 amide bonds. The molecule has 3 aliphatic rings. The monoisotopic (exact) mass is 234 g/mol. The van der Waals surface area contributed by atoms with Crippen LogP contribution in [0.4, 0.5) is 0 Å². The minimum absolute atomic E-state index is 0. The Balaban J connectivity index is 0.000000282. The Morgan fingerprint density at radius 2 is 1.69 bits per heavy atom. The Bertz CT molecular complexity index is 182. The second kappa shape index (κ2) is 7.22. The van der Waals surface area contributed by atoms with Gasteiger partial charge in [-0.2, -0.15) is 0 Å². The van der Waals surface area contributed by atoms with Crippen LogP contribution in [0.1, 0.15) is 34.1 Å². The molecule has 1 saturated carbocycles. The number of methoxy groups -OCH3 is 2. The van der Waals surface area contributed by atoms with E-state index in [1.807, 2.05) is 0 Å². The summed E-state index contributed by atoms with van der Waals surface area (Å²) in [6.07, 6.45) is 5.31. The average Bonchev–Trinajstić information content (AvgIpc) is 3.10. The van der Waals surface area contributed by atoms with Gasteiger partial charge in [0, 0.05) is 20.6 Å². The lowest BCUT2D eigenvalue weighted by molar-refractivity contribution is 0.0770. The molecule has 3 fully saturated rings. The Morgan fingerprint density at radius 1 is 1.00 bits per heavy atom. The average molecular weight is 234 g/mol. The van der Waals surface area contributed by atoms with E-state index in [-0.39, 0.29) is 21.1 Å². The third kappa shape index (κ3) is 4.78. The normalized spacial score (nSPS) is 37.9. The van der Waals surface area contributed by atoms with Crippen molar-refractivity contribution in [3.63, 3.8) is 0 Å². The molecule has 98 valence electrons. The van der Waals surface area contributed by atoms with E-state index in [9.17, 15) is 0 Å². The van der Waals surface area contributed by atoms with Gasteiger partial charge in [-0.25, -0.2) is 0 Å². The first-order chi connectivity index (χ1) is 6.83. The molecule has 0 aromatic heterocycles. The van der Waals surface area contributed by atoms with Crippen molar-refractivity contribution in [1.29, 1.82) is 0 Å². The first-order valence-corrected chi connectivity index (χ1v) is 5.16. The second-order valence-corrected chi connectivity index (χ2v) is 3.88. The van der Waals surface area contributed by atoms with Gasteiger partial charge in [0.15, 0.2) is 6.29 Å². The highest BCUT2D eigenvalue weighted by Crippen LogP contribution is 2.37. The molecule has 4 atom stereocenters. The molecule has 2 saturated heterocycles. The van der Waals surface area contributed by atoms with Gasteiger partial charge in [-0.3, -0.25) is 0 Å². The fourth-order valence-electron chi connectivity index (χ4n) is 1.76. The predicted octanol–water partition coefficient (Wildman–Crippen LogP) is 2.21. The number of ether oxygens (including phenoxy) is 4. The number of rotatable bonds is 2. The molecule has 4 heteroatoms. The van der Waals surface area contributed by atoms with Crippen molar-refractivity contribution >= 4 is 0 Å². The SMILES string of the molecule is C.C.COC1CCC2OC2C1.COC1CO1. The van der Waals surface area contributed by atoms with Gasteiger partial charge in [0.05, 0.1) is 18.3 Å². The van der Waals surface area contributed by atoms with Crippen LogP contribution in [-0.2, 0) is 18.9 Å². The van der Waals surface area contributed by atoms with Crippen LogP contribution in [0.3, 0.4) is 0 Å². The van der Waals surface area contributed by atoms with Crippen molar-refractivity contribution in [3.05, 3.63) is 0 Å². The molecule has 0 N–H and O–H groups in total. The highest BCUT2D eigenvalue weighted by atomic mass is 16.8. The molecule has 0 aromatic carbocycles. The van der Waals surface area contributed by atoms with Crippen LogP contribution in [0.15, 0.2) is 0 Å². The standard InChI is InChI=1S/C7H12O2.C3H6O2.2CH4/c1-8-5-2-3-6-7(4-5)9-6;1-4-3-2-5-3;;/h5-7H,2-4H2,1H3;3H,2H2,1H3;2*1H4. The largest absolute Gasteiger partial charge is 0.381 e. The van der Waals surface area contributed by atoms with E-state index >= 15 is 0 Å². The Labute approximate surface area is 99.2 Å². The van der Waals surface area contributed by atoms with Crippen molar-refractivity contribution < 1.29 is 18.9 Å². The summed E-state index contributed by atoms with van der Waals surface area (Å²) >= 11 is 0. The van der Waals surface area contributed by atoms with E-state index in [0.717, 1.165) is 13.0 Å². The number of fused-ring (bicyclic) bond motifs is 1. The maximum Gasteiger partial charge on any atom is 0.180 e. The van der Waals surface area contributed by atoms with Gasteiger partial charge in [0.1, 0.15) is 6.61 Å². The zero-order valence-corrected chi connectivity index (χ0v) is 8.77. The first kappa shape index (κ1) is 15.8. The van der Waals surface area contributed by atoms with E-state index in [0.29, 0.717) is 18.3 Å². The van der Waals surface area contributed by atoms with Gasteiger partial charge in [-0.05, 0) is 12.8 Å². The highest BCUT2D eigenvalue weighted by Gasteiger charge is 2.43. The fourth-order valence-corrected chi connectivity index (χ4v) is 1.76. The van der Waals surface area contributed by atoms with Crippen LogP contribution < -0.4 is 0 Å². The van der Waals surface area contributed by atoms with Gasteiger partial charge in [0.2, 0.25) is 0 Å². The van der Waals surface area contributed by atoms with E-state index in [4.69, 9.17) is 9.47 Å². The van der Waals surface area contributed by atoms with E-state index in [1.165, 1.54) is 12.8 Å². The number of hydrogen-bond donors (Lipinski definition) is 0. The lowest BCUT2D eigenvalue weighted by Gasteiger charge is -2.16. The minimum Gasteiger partial charge on any atom is -0.381 e. The summed E-state index contributed by atoms with van der Waals surface area (Å²) in [6.45, 7) is 0.788. The Kier molecular flexibility index (Phi) is 7.15. The van der Waals surface area contributed by atoms with Crippen molar-refractivity contribution in [2.75, 3.05) is 20.8 Å². The molecule has 0 spiro atoms. The van der Waals surface area contributed by atoms with Gasteiger partial charge in [-0.1, -0.05) is 14.9 Å². The smallest absolute Gasteiger partial charge is 0.180 e. The van der Waals surface area contributed by atoms with Gasteiger partial charge in [-0.15, -0.1) is 0 Å². The van der Waals surface area contributed by atoms with Gasteiger partial charge < -0.3 is 18.9 Å². The Hall–Kier alpha value is -0.160. The molecule has 4 nitrogen and oxygen atoms in total. The van der Waals surface area contributed by atoms with Gasteiger partial charge in [0.25, 0.3) is 0 Å². The van der Waals surface area contributed by atoms with Crippen LogP contribution in [0.2, 0.25) is 0 Å². The topological polar surface area (TPSA) is 43.5 Å². The summed E-state index contributed by atoms with van der Waals surface area (Å²) in [6, 6.07) is 0. The maximum absolute atomic E-state index is 5.33. The molecule has 3 rings (SSSR count). The third-order valence-corrected chi connectivity index (χ3v) is 2.85. The summed E-state index contributed by atoms with van der Waals surface area (Å²) in [4.78, 5) is 0. The van der Waals surface area contributed by atoms with Crippen molar-refractivity contribution in [2.24, 2.45) is 0 Å². The molecule has 0 radical (unpaired) electrons. The third-order valence-electron chi connectivity index (χ3n) is 2.85. The lowest BCUT2D eigenvalue weighted by Crippen LogP contribution is -2.19. The van der Waals surface area contributed by atoms with Crippen LogP contribution in [0, 0.1) is 0 Å². The highest BCUT2D eigenvalue weighted by molar-refractivity contribution is 4.92. The number of epoxide rings is 2. The summed E-state index contributed by atoms with van der Waals surface area (Å²) in [5.74, 6) is 0. The van der Waals surface area contributed by atoms with Gasteiger partial charge >= 0.3 is 0 Å². The van der Waals surface area contributed by atoms with Crippen LogP contribution in [0.5, 0.6) is 0 Å². The van der Waals surface area contributed by atoms with Crippen LogP contribution in [0.25, 0.3) is 0 Å². The van der Waals surface area contributed by atoms with Crippen LogP contribution in [-0.4, -0.2) is 45.4 Å². The lowest BCUT2D eigenvalue weighted by atomic mass is 9.98. The summed E-state index contributed by atoms with van der Waals surface area (Å²) in [5, 5.41) is 0. The zero-order chi connectivity index (χ0) is 9.97. The number of hydrogen-bond acceptors (Lipinski definition) is 4. The second-order valence-electron chi connectivity index (χ2n) is 3.88. The maximum atomic E-state index is 5.33. The van der Waals surface area contributed by atoms with Crippen molar-refractivity contribution in [1.82, 2.24) is 0 Å². The minimum atomic E-state index is 0. The molecule has 2 heterocycles. The molecule has 0 bridgehead atoms. The molecular weight excluding hydrogens is 208 g/mol. The van der Waals surface area contributed by atoms with E-state index in [1.54, 1.807) is 14.2 Å². The molecule has 2 aliphatic heterocycles. The van der Waals surface area contributed by atoms with Crippen molar-refractivity contribution in [3.8, 4) is 0 Å². The molecular formula is C12H26O4. The first-order valence-electron chi connectivity index (χ1n) is 5.16. The van der Waals surface area contributed by atoms with Crippen molar-refractivity contribution in [2.45, 2.75) is 58.7 Å². The Morgan fingerprint density at radius 3 is 2.06 bits per heavy atom. The predicted molar refractivity (Wildman–Crippen MR) is 63.5 cm³/mol. The summed E-state index contributed by atoms with van der Waals surface area (Å²) < 4.78 is 19.8. The summed E-state index contributed by atoms with van der Waals surface area (Å²) in [7, 11) is 3.42. The van der Waals surface area contributed by atoms with E-state index in [2.05, 4.69) is 9.47 Å². The molecule has 4 unspecified atom stereocenters. The fraction of sp³-hybridized carbons (Fsp3) is 1.00. The molecule has 16 heavy (non-hydrogen) atoms. The summed E-state index contributed by atoms with van der Waals surface area (Å²) in [5.41, 5.74) is 0. The van der Waals surface area contributed by atoms with E-state index < -0.39 is 0 Å². The molecule has 1 aliphatic carbocycles. The quantitative estimate of drug-likeness (QED) is 0.687.